The summed E-state index contributed by atoms with van der Waals surface area (Å²) in [6.45, 7) is 1.56. The average Bonchev–Trinajstić information content (AvgIpc) is 2.19. The van der Waals surface area contributed by atoms with Gasteiger partial charge >= 0.3 is 0 Å². The van der Waals surface area contributed by atoms with E-state index in [-0.39, 0.29) is 23.4 Å². The van der Waals surface area contributed by atoms with Crippen LogP contribution in [-0.2, 0) is 12.3 Å². The molecule has 1 aromatic heterocycles. The second-order valence-corrected chi connectivity index (χ2v) is 3.32. The molecule has 0 atom stereocenters. The Labute approximate surface area is 91.5 Å². The van der Waals surface area contributed by atoms with Crippen molar-refractivity contribution in [3.8, 4) is 6.07 Å². The molecule has 0 fully saturated rings. The van der Waals surface area contributed by atoms with E-state index < -0.39 is 6.43 Å². The fraction of sp³-hybridized carbons (Fsp3) is 0.400. The quantitative estimate of drug-likeness (QED) is 0.748. The first-order valence-corrected chi connectivity index (χ1v) is 4.83. The summed E-state index contributed by atoms with van der Waals surface area (Å²) < 4.78 is 25.5. The normalized spacial score (nSPS) is 10.4. The van der Waals surface area contributed by atoms with Gasteiger partial charge in [-0.2, -0.15) is 5.26 Å². The van der Waals surface area contributed by atoms with Crippen molar-refractivity contribution >= 4 is 11.6 Å². The molecule has 5 heteroatoms. The largest absolute Gasteiger partial charge is 0.264 e. The molecule has 2 nitrogen and oxygen atoms in total. The number of rotatable bonds is 3. The van der Waals surface area contributed by atoms with Crippen molar-refractivity contribution in [2.75, 3.05) is 0 Å². The van der Waals surface area contributed by atoms with Crippen LogP contribution in [0.15, 0.2) is 6.20 Å². The van der Waals surface area contributed by atoms with Crippen LogP contribution in [0, 0.1) is 18.3 Å². The Hall–Kier alpha value is -1.21. The lowest BCUT2D eigenvalue weighted by Crippen LogP contribution is -2.04. The van der Waals surface area contributed by atoms with Gasteiger partial charge in [-0.1, -0.05) is 0 Å². The summed E-state index contributed by atoms with van der Waals surface area (Å²) in [7, 11) is 0. The number of alkyl halides is 3. The molecule has 0 bridgehead atoms. The summed E-state index contributed by atoms with van der Waals surface area (Å²) in [5, 5.41) is 8.52. The molecule has 15 heavy (non-hydrogen) atoms. The van der Waals surface area contributed by atoms with Gasteiger partial charge in [0.05, 0.1) is 18.2 Å². The van der Waals surface area contributed by atoms with Crippen LogP contribution in [-0.4, -0.2) is 4.98 Å². The predicted molar refractivity (Wildman–Crippen MR) is 52.8 cm³/mol. The van der Waals surface area contributed by atoms with Crippen LogP contribution >= 0.6 is 11.6 Å². The number of aryl methyl sites for hydroxylation is 1. The highest BCUT2D eigenvalue weighted by Gasteiger charge is 2.19. The standard InChI is InChI=1S/C10H9ClF2N2/c1-6-5-15-8(2-3-14)7(4-11)9(6)10(12)13/h5,10H,2,4H2,1H3. The molecule has 0 N–H and O–H groups in total. The van der Waals surface area contributed by atoms with Crippen LogP contribution in [0.4, 0.5) is 8.78 Å². The second-order valence-electron chi connectivity index (χ2n) is 3.05. The summed E-state index contributed by atoms with van der Waals surface area (Å²) in [6.07, 6.45) is -1.23. The minimum atomic E-state index is -2.58. The monoisotopic (exact) mass is 230 g/mol. The second kappa shape index (κ2) is 5.04. The van der Waals surface area contributed by atoms with E-state index in [0.29, 0.717) is 11.3 Å². The highest BCUT2D eigenvalue weighted by Crippen LogP contribution is 2.29. The third kappa shape index (κ3) is 2.42. The van der Waals surface area contributed by atoms with Crippen LogP contribution < -0.4 is 0 Å². The van der Waals surface area contributed by atoms with Gasteiger partial charge in [0, 0.05) is 17.6 Å². The number of hydrogen-bond donors (Lipinski definition) is 0. The number of nitrogens with zero attached hydrogens (tertiary/aromatic N) is 2. The molecule has 0 amide bonds. The maximum absolute atomic E-state index is 12.7. The third-order valence-electron chi connectivity index (χ3n) is 2.11. The number of hydrogen-bond acceptors (Lipinski definition) is 2. The van der Waals surface area contributed by atoms with Gasteiger partial charge in [-0.05, 0) is 18.1 Å². The maximum atomic E-state index is 12.7. The molecular weight excluding hydrogens is 222 g/mol. The Balaban J connectivity index is 3.34. The van der Waals surface area contributed by atoms with Crippen molar-refractivity contribution in [1.82, 2.24) is 4.98 Å². The summed E-state index contributed by atoms with van der Waals surface area (Å²) in [5.74, 6) is -0.0502. The van der Waals surface area contributed by atoms with Gasteiger partial charge in [0.2, 0.25) is 0 Å². The number of aromatic nitrogens is 1. The molecule has 1 aromatic rings. The summed E-state index contributed by atoms with van der Waals surface area (Å²) in [4.78, 5) is 3.94. The zero-order chi connectivity index (χ0) is 11.4. The molecule has 0 aliphatic heterocycles. The van der Waals surface area contributed by atoms with Crippen molar-refractivity contribution in [2.45, 2.75) is 25.7 Å². The minimum absolute atomic E-state index is 0.00204. The van der Waals surface area contributed by atoms with Crippen LogP contribution in [0.5, 0.6) is 0 Å². The molecule has 0 radical (unpaired) electrons. The Morgan fingerprint density at radius 1 is 1.60 bits per heavy atom. The number of halogens is 3. The van der Waals surface area contributed by atoms with Crippen LogP contribution in [0.1, 0.15) is 28.8 Å². The van der Waals surface area contributed by atoms with Crippen LogP contribution in [0.25, 0.3) is 0 Å². The van der Waals surface area contributed by atoms with E-state index in [2.05, 4.69) is 4.98 Å². The summed E-state index contributed by atoms with van der Waals surface area (Å²) >= 11 is 5.61. The lowest BCUT2D eigenvalue weighted by molar-refractivity contribution is 0.149. The van der Waals surface area contributed by atoms with E-state index in [1.54, 1.807) is 6.92 Å². The van der Waals surface area contributed by atoms with E-state index in [1.165, 1.54) is 6.20 Å². The average molecular weight is 231 g/mol. The molecule has 1 rings (SSSR count). The smallest absolute Gasteiger partial charge is 0.260 e. The topological polar surface area (TPSA) is 36.7 Å². The van der Waals surface area contributed by atoms with Crippen molar-refractivity contribution in [1.29, 1.82) is 5.26 Å². The first-order chi connectivity index (χ1) is 7.11. The van der Waals surface area contributed by atoms with E-state index in [4.69, 9.17) is 16.9 Å². The molecule has 0 aromatic carbocycles. The molecule has 0 unspecified atom stereocenters. The van der Waals surface area contributed by atoms with E-state index in [9.17, 15) is 8.78 Å². The Bertz CT molecular complexity index is 399. The van der Waals surface area contributed by atoms with Gasteiger partial charge in [-0.25, -0.2) is 8.78 Å². The zero-order valence-electron chi connectivity index (χ0n) is 8.10. The fourth-order valence-electron chi connectivity index (χ4n) is 1.40. The zero-order valence-corrected chi connectivity index (χ0v) is 8.85. The molecule has 0 aliphatic carbocycles. The number of nitriles is 1. The summed E-state index contributed by atoms with van der Waals surface area (Å²) in [5.41, 5.74) is 0.939. The molecule has 1 heterocycles. The molecular formula is C10H9ClF2N2. The van der Waals surface area contributed by atoms with E-state index in [1.807, 2.05) is 6.07 Å². The third-order valence-corrected chi connectivity index (χ3v) is 2.38. The highest BCUT2D eigenvalue weighted by molar-refractivity contribution is 6.17. The van der Waals surface area contributed by atoms with Crippen molar-refractivity contribution in [3.63, 3.8) is 0 Å². The van der Waals surface area contributed by atoms with Crippen molar-refractivity contribution in [2.24, 2.45) is 0 Å². The van der Waals surface area contributed by atoms with Gasteiger partial charge in [-0.3, -0.25) is 4.98 Å². The van der Waals surface area contributed by atoms with Gasteiger partial charge in [0.15, 0.2) is 0 Å². The van der Waals surface area contributed by atoms with E-state index in [0.717, 1.165) is 0 Å². The minimum Gasteiger partial charge on any atom is -0.260 e. The number of pyridine rings is 1. The fourth-order valence-corrected chi connectivity index (χ4v) is 1.69. The van der Waals surface area contributed by atoms with Gasteiger partial charge in [-0.15, -0.1) is 11.6 Å². The van der Waals surface area contributed by atoms with Crippen LogP contribution in [0.3, 0.4) is 0 Å². The van der Waals surface area contributed by atoms with Crippen molar-refractivity contribution < 1.29 is 8.78 Å². The van der Waals surface area contributed by atoms with Crippen molar-refractivity contribution in [3.05, 3.63) is 28.6 Å². The SMILES string of the molecule is Cc1cnc(CC#N)c(CCl)c1C(F)F. The predicted octanol–water partition coefficient (Wildman–Crippen LogP) is 3.13. The van der Waals surface area contributed by atoms with Gasteiger partial charge in [0.1, 0.15) is 0 Å². The molecule has 0 spiro atoms. The van der Waals surface area contributed by atoms with Crippen LogP contribution in [0.2, 0.25) is 0 Å². The Morgan fingerprint density at radius 3 is 2.73 bits per heavy atom. The first-order valence-electron chi connectivity index (χ1n) is 4.30. The lowest BCUT2D eigenvalue weighted by atomic mass is 10.0. The molecule has 0 aliphatic rings. The first kappa shape index (κ1) is 11.9. The van der Waals surface area contributed by atoms with E-state index >= 15 is 0 Å². The Kier molecular flexibility index (Phi) is 3.98. The lowest BCUT2D eigenvalue weighted by Gasteiger charge is -2.12. The molecule has 0 saturated carbocycles. The Morgan fingerprint density at radius 2 is 2.27 bits per heavy atom. The highest BCUT2D eigenvalue weighted by atomic mass is 35.5. The maximum Gasteiger partial charge on any atom is 0.264 e. The summed E-state index contributed by atoms with van der Waals surface area (Å²) in [6, 6.07) is 1.88. The van der Waals surface area contributed by atoms with Gasteiger partial charge in [0.25, 0.3) is 6.43 Å². The van der Waals surface area contributed by atoms with Gasteiger partial charge < -0.3 is 0 Å². The molecule has 0 saturated heterocycles. The molecule has 80 valence electrons.